The minimum atomic E-state index is -4.44. The molecule has 0 bridgehead atoms. The average Bonchev–Trinajstić information content (AvgIpc) is 2.21. The second kappa shape index (κ2) is 4.88. The van der Waals surface area contributed by atoms with Crippen molar-refractivity contribution in [3.05, 3.63) is 35.1 Å². The van der Waals surface area contributed by atoms with Crippen molar-refractivity contribution in [2.24, 2.45) is 5.92 Å². The van der Waals surface area contributed by atoms with Crippen LogP contribution < -0.4 is 5.32 Å². The summed E-state index contributed by atoms with van der Waals surface area (Å²) in [5.74, 6) is -0.463. The highest BCUT2D eigenvalue weighted by atomic mass is 19.4. The standard InChI is InChI=1S/C13H15F4N/c1-18-12(8-3-2-4-8)10-7-9(14)5-6-11(10)13(15,16)17/h5-8,12,18H,2-4H2,1H3. The van der Waals surface area contributed by atoms with E-state index < -0.39 is 23.6 Å². The summed E-state index contributed by atoms with van der Waals surface area (Å²) in [4.78, 5) is 0. The molecule has 2 rings (SSSR count). The Kier molecular flexibility index (Phi) is 3.61. The largest absolute Gasteiger partial charge is 0.416 e. The second-order valence-electron chi connectivity index (χ2n) is 4.69. The van der Waals surface area contributed by atoms with Gasteiger partial charge in [0.05, 0.1) is 5.56 Å². The molecule has 1 aliphatic rings. The summed E-state index contributed by atoms with van der Waals surface area (Å²) >= 11 is 0. The van der Waals surface area contributed by atoms with Gasteiger partial charge in [-0.2, -0.15) is 13.2 Å². The lowest BCUT2D eigenvalue weighted by atomic mass is 9.76. The number of hydrogen-bond donors (Lipinski definition) is 1. The fourth-order valence-electron chi connectivity index (χ4n) is 2.47. The molecule has 1 aliphatic carbocycles. The molecule has 0 radical (unpaired) electrons. The molecule has 1 aromatic carbocycles. The summed E-state index contributed by atoms with van der Waals surface area (Å²) in [6.07, 6.45) is -1.64. The predicted octanol–water partition coefficient (Wildman–Crippen LogP) is 3.91. The van der Waals surface area contributed by atoms with Gasteiger partial charge in [-0.15, -0.1) is 0 Å². The lowest BCUT2D eigenvalue weighted by molar-refractivity contribution is -0.138. The first-order valence-corrected chi connectivity index (χ1v) is 5.97. The average molecular weight is 261 g/mol. The minimum Gasteiger partial charge on any atom is -0.313 e. The van der Waals surface area contributed by atoms with Gasteiger partial charge in [-0.3, -0.25) is 0 Å². The van der Waals surface area contributed by atoms with Gasteiger partial charge in [0.25, 0.3) is 0 Å². The van der Waals surface area contributed by atoms with Crippen LogP contribution in [0.5, 0.6) is 0 Å². The summed E-state index contributed by atoms with van der Waals surface area (Å²) in [6.45, 7) is 0. The maximum atomic E-state index is 13.2. The van der Waals surface area contributed by atoms with Crippen molar-refractivity contribution in [1.29, 1.82) is 0 Å². The first-order chi connectivity index (χ1) is 8.43. The normalized spacial score (nSPS) is 18.5. The lowest BCUT2D eigenvalue weighted by Crippen LogP contribution is -2.31. The monoisotopic (exact) mass is 261 g/mol. The van der Waals surface area contributed by atoms with E-state index in [1.54, 1.807) is 7.05 Å². The molecule has 18 heavy (non-hydrogen) atoms. The van der Waals surface area contributed by atoms with Crippen molar-refractivity contribution in [3.63, 3.8) is 0 Å². The van der Waals surface area contributed by atoms with E-state index in [4.69, 9.17) is 0 Å². The van der Waals surface area contributed by atoms with E-state index in [-0.39, 0.29) is 11.5 Å². The molecular weight excluding hydrogens is 246 g/mol. The number of alkyl halides is 3. The molecule has 1 unspecified atom stereocenters. The zero-order chi connectivity index (χ0) is 13.3. The maximum Gasteiger partial charge on any atom is 0.416 e. The van der Waals surface area contributed by atoms with Gasteiger partial charge in [-0.25, -0.2) is 4.39 Å². The van der Waals surface area contributed by atoms with Crippen molar-refractivity contribution < 1.29 is 17.6 Å². The summed E-state index contributed by atoms with van der Waals surface area (Å²) in [6, 6.07) is 2.27. The maximum absolute atomic E-state index is 13.2. The summed E-state index contributed by atoms with van der Waals surface area (Å²) in [7, 11) is 1.62. The molecule has 1 nitrogen and oxygen atoms in total. The van der Waals surface area contributed by atoms with Crippen LogP contribution in [0.25, 0.3) is 0 Å². The zero-order valence-corrected chi connectivity index (χ0v) is 10.0. The molecule has 1 atom stereocenters. The van der Waals surface area contributed by atoms with Crippen LogP contribution in [0.3, 0.4) is 0 Å². The molecule has 0 spiro atoms. The first kappa shape index (κ1) is 13.3. The van der Waals surface area contributed by atoms with Crippen LogP contribution in [0.1, 0.15) is 36.4 Å². The number of hydrogen-bond acceptors (Lipinski definition) is 1. The smallest absolute Gasteiger partial charge is 0.313 e. The fourth-order valence-corrected chi connectivity index (χ4v) is 2.47. The highest BCUT2D eigenvalue weighted by Gasteiger charge is 2.38. The van der Waals surface area contributed by atoms with Gasteiger partial charge < -0.3 is 5.32 Å². The van der Waals surface area contributed by atoms with Gasteiger partial charge in [0.2, 0.25) is 0 Å². The third-order valence-corrected chi connectivity index (χ3v) is 3.59. The summed E-state index contributed by atoms with van der Waals surface area (Å²) in [5, 5.41) is 2.89. The third-order valence-electron chi connectivity index (χ3n) is 3.59. The Bertz CT molecular complexity index is 423. The second-order valence-corrected chi connectivity index (χ2v) is 4.69. The van der Waals surface area contributed by atoms with E-state index in [1.807, 2.05) is 0 Å². The van der Waals surface area contributed by atoms with E-state index in [0.717, 1.165) is 37.5 Å². The van der Waals surface area contributed by atoms with Crippen LogP contribution >= 0.6 is 0 Å². The SMILES string of the molecule is CNC(c1cc(F)ccc1C(F)(F)F)C1CCC1. The molecule has 0 saturated heterocycles. The predicted molar refractivity (Wildman–Crippen MR) is 60.5 cm³/mol. The molecule has 0 aromatic heterocycles. The van der Waals surface area contributed by atoms with Crippen LogP contribution in [0.4, 0.5) is 17.6 Å². The molecule has 1 fully saturated rings. The van der Waals surface area contributed by atoms with Crippen molar-refractivity contribution >= 4 is 0 Å². The number of halogens is 4. The third kappa shape index (κ3) is 2.51. The lowest BCUT2D eigenvalue weighted by Gasteiger charge is -2.35. The molecule has 5 heteroatoms. The van der Waals surface area contributed by atoms with Crippen molar-refractivity contribution in [3.8, 4) is 0 Å². The van der Waals surface area contributed by atoms with Gasteiger partial charge in [-0.05, 0) is 49.6 Å². The Balaban J connectivity index is 2.42. The van der Waals surface area contributed by atoms with Crippen LogP contribution in [0, 0.1) is 11.7 Å². The molecule has 1 saturated carbocycles. The van der Waals surface area contributed by atoms with Crippen LogP contribution in [0.2, 0.25) is 0 Å². The van der Waals surface area contributed by atoms with E-state index in [2.05, 4.69) is 5.32 Å². The first-order valence-electron chi connectivity index (χ1n) is 5.97. The summed E-state index contributed by atoms with van der Waals surface area (Å²) < 4.78 is 52.0. The van der Waals surface area contributed by atoms with Crippen LogP contribution in [-0.2, 0) is 6.18 Å². The van der Waals surface area contributed by atoms with E-state index in [0.29, 0.717) is 0 Å². The summed E-state index contributed by atoms with van der Waals surface area (Å²) in [5.41, 5.74) is -0.718. The van der Waals surface area contributed by atoms with E-state index in [9.17, 15) is 17.6 Å². The molecule has 100 valence electrons. The topological polar surface area (TPSA) is 12.0 Å². The Labute approximate surface area is 103 Å². The highest BCUT2D eigenvalue weighted by Crippen LogP contribution is 2.42. The van der Waals surface area contributed by atoms with Crippen LogP contribution in [-0.4, -0.2) is 7.05 Å². The molecule has 0 heterocycles. The number of benzene rings is 1. The molecule has 0 amide bonds. The minimum absolute atomic E-state index is 0.0229. The zero-order valence-electron chi connectivity index (χ0n) is 10.0. The Hall–Kier alpha value is -1.10. The molecular formula is C13H15F4N. The quantitative estimate of drug-likeness (QED) is 0.813. The van der Waals surface area contributed by atoms with E-state index >= 15 is 0 Å². The highest BCUT2D eigenvalue weighted by molar-refractivity contribution is 5.33. The van der Waals surface area contributed by atoms with Crippen molar-refractivity contribution in [1.82, 2.24) is 5.32 Å². The number of rotatable bonds is 3. The van der Waals surface area contributed by atoms with Crippen LogP contribution in [0.15, 0.2) is 18.2 Å². The Morgan fingerprint density at radius 3 is 2.39 bits per heavy atom. The van der Waals surface area contributed by atoms with Gasteiger partial charge in [0.15, 0.2) is 0 Å². The molecule has 0 aliphatic heterocycles. The Morgan fingerprint density at radius 2 is 1.94 bits per heavy atom. The van der Waals surface area contributed by atoms with E-state index in [1.165, 1.54) is 0 Å². The number of nitrogens with one attached hydrogen (secondary N) is 1. The van der Waals surface area contributed by atoms with Gasteiger partial charge in [0, 0.05) is 6.04 Å². The van der Waals surface area contributed by atoms with Crippen molar-refractivity contribution in [2.45, 2.75) is 31.5 Å². The fraction of sp³-hybridized carbons (Fsp3) is 0.538. The van der Waals surface area contributed by atoms with Crippen molar-refractivity contribution in [2.75, 3.05) is 7.05 Å². The molecule has 1 N–H and O–H groups in total. The van der Waals surface area contributed by atoms with Gasteiger partial charge in [-0.1, -0.05) is 6.42 Å². The molecule has 1 aromatic rings. The van der Waals surface area contributed by atoms with Gasteiger partial charge in [0.1, 0.15) is 5.82 Å². The Morgan fingerprint density at radius 1 is 1.28 bits per heavy atom. The van der Waals surface area contributed by atoms with Gasteiger partial charge >= 0.3 is 6.18 Å².